The van der Waals surface area contributed by atoms with Crippen molar-refractivity contribution in [1.82, 2.24) is 10.2 Å². The fourth-order valence-electron chi connectivity index (χ4n) is 2.83. The molecule has 0 aromatic heterocycles. The molecule has 1 amide bonds. The summed E-state index contributed by atoms with van der Waals surface area (Å²) in [6.07, 6.45) is 0.884. The zero-order valence-corrected chi connectivity index (χ0v) is 14.0. The summed E-state index contributed by atoms with van der Waals surface area (Å²) in [6.45, 7) is 0.707. The van der Waals surface area contributed by atoms with Gasteiger partial charge in [-0.3, -0.25) is 4.79 Å². The molecule has 122 valence electrons. The minimum atomic E-state index is -2.93. The normalized spacial score (nSPS) is 21.7. The van der Waals surface area contributed by atoms with E-state index in [1.165, 1.54) is 0 Å². The van der Waals surface area contributed by atoms with Crippen molar-refractivity contribution in [3.63, 3.8) is 0 Å². The van der Waals surface area contributed by atoms with Crippen LogP contribution in [0.4, 0.5) is 0 Å². The summed E-state index contributed by atoms with van der Waals surface area (Å²) < 4.78 is 22.9. The zero-order chi connectivity index (χ0) is 16.2. The van der Waals surface area contributed by atoms with Gasteiger partial charge in [0.15, 0.2) is 9.84 Å². The van der Waals surface area contributed by atoms with Gasteiger partial charge in [-0.2, -0.15) is 0 Å². The van der Waals surface area contributed by atoms with Crippen LogP contribution in [-0.4, -0.2) is 51.4 Å². The summed E-state index contributed by atoms with van der Waals surface area (Å²) >= 11 is 0. The van der Waals surface area contributed by atoms with Crippen LogP contribution in [0.3, 0.4) is 0 Å². The van der Waals surface area contributed by atoms with Crippen molar-refractivity contribution in [2.45, 2.75) is 18.9 Å². The first kappa shape index (κ1) is 17.0. The number of rotatable bonds is 6. The Morgan fingerprint density at radius 3 is 2.55 bits per heavy atom. The van der Waals surface area contributed by atoms with E-state index >= 15 is 0 Å². The van der Waals surface area contributed by atoms with Gasteiger partial charge in [0.1, 0.15) is 0 Å². The molecule has 22 heavy (non-hydrogen) atoms. The van der Waals surface area contributed by atoms with Crippen LogP contribution in [0.15, 0.2) is 30.3 Å². The Hall–Kier alpha value is -1.40. The number of amides is 1. The number of carbonyl (C=O) groups is 1. The second-order valence-electron chi connectivity index (χ2n) is 6.27. The molecule has 2 atom stereocenters. The van der Waals surface area contributed by atoms with Crippen molar-refractivity contribution >= 4 is 15.7 Å². The number of nitrogens with zero attached hydrogens (tertiary/aromatic N) is 1. The summed E-state index contributed by atoms with van der Waals surface area (Å²) in [4.78, 5) is 14.3. The van der Waals surface area contributed by atoms with Crippen LogP contribution in [-0.2, 0) is 14.6 Å². The average molecular weight is 324 g/mol. The lowest BCUT2D eigenvalue weighted by atomic mass is 10.0. The van der Waals surface area contributed by atoms with Gasteiger partial charge in [-0.1, -0.05) is 30.3 Å². The Morgan fingerprint density at radius 2 is 2.00 bits per heavy atom. The monoisotopic (exact) mass is 324 g/mol. The van der Waals surface area contributed by atoms with E-state index in [2.05, 4.69) is 5.32 Å². The van der Waals surface area contributed by atoms with Gasteiger partial charge < -0.3 is 10.2 Å². The van der Waals surface area contributed by atoms with Crippen molar-refractivity contribution in [3.05, 3.63) is 35.9 Å². The molecule has 2 rings (SSSR count). The molecule has 1 aliphatic heterocycles. The van der Waals surface area contributed by atoms with Crippen molar-refractivity contribution < 1.29 is 13.2 Å². The molecular weight excluding hydrogens is 300 g/mol. The topological polar surface area (TPSA) is 66.5 Å². The molecular formula is C16H24N2O3S. The third kappa shape index (κ3) is 5.10. The molecule has 1 fully saturated rings. The molecule has 1 N–H and O–H groups in total. The number of hydrogen-bond acceptors (Lipinski definition) is 4. The second-order valence-corrected chi connectivity index (χ2v) is 8.49. The van der Waals surface area contributed by atoms with Gasteiger partial charge in [0, 0.05) is 13.0 Å². The Morgan fingerprint density at radius 1 is 1.32 bits per heavy atom. The third-order valence-electron chi connectivity index (χ3n) is 3.89. The van der Waals surface area contributed by atoms with Crippen LogP contribution in [0.2, 0.25) is 0 Å². The molecule has 0 radical (unpaired) electrons. The number of likely N-dealkylation sites (N-methyl/N-ethyl adjacent to an activating group) is 1. The maximum atomic E-state index is 12.3. The summed E-state index contributed by atoms with van der Waals surface area (Å²) in [7, 11) is 0.999. The Balaban J connectivity index is 1.97. The van der Waals surface area contributed by atoms with Crippen molar-refractivity contribution in [1.29, 1.82) is 0 Å². The fourth-order valence-corrected chi connectivity index (χ4v) is 4.70. The van der Waals surface area contributed by atoms with Gasteiger partial charge in [0.05, 0.1) is 17.5 Å². The van der Waals surface area contributed by atoms with E-state index in [1.807, 2.05) is 49.3 Å². The van der Waals surface area contributed by atoms with Crippen molar-refractivity contribution in [2.24, 2.45) is 5.92 Å². The number of sulfone groups is 1. The molecule has 1 aromatic rings. The molecule has 2 unspecified atom stereocenters. The minimum Gasteiger partial charge on any atom is -0.348 e. The number of hydrogen-bond donors (Lipinski definition) is 1. The molecule has 5 nitrogen and oxygen atoms in total. The Bertz CT molecular complexity index is 599. The van der Waals surface area contributed by atoms with Crippen molar-refractivity contribution in [3.8, 4) is 0 Å². The number of nitrogens with one attached hydrogen (secondary N) is 1. The largest absolute Gasteiger partial charge is 0.348 e. The van der Waals surface area contributed by atoms with Crippen LogP contribution < -0.4 is 5.32 Å². The van der Waals surface area contributed by atoms with Crippen LogP contribution in [0, 0.1) is 5.92 Å². The fraction of sp³-hybridized carbons (Fsp3) is 0.562. The van der Waals surface area contributed by atoms with Crippen LogP contribution >= 0.6 is 0 Å². The maximum Gasteiger partial charge on any atom is 0.220 e. The van der Waals surface area contributed by atoms with Crippen LogP contribution in [0.25, 0.3) is 0 Å². The molecule has 0 aliphatic carbocycles. The van der Waals surface area contributed by atoms with Gasteiger partial charge in [-0.05, 0) is 32.0 Å². The smallest absolute Gasteiger partial charge is 0.220 e. The van der Waals surface area contributed by atoms with E-state index in [0.717, 1.165) is 5.56 Å². The molecule has 0 spiro atoms. The van der Waals surface area contributed by atoms with Gasteiger partial charge in [-0.15, -0.1) is 0 Å². The Labute approximate surface area is 132 Å². The zero-order valence-electron chi connectivity index (χ0n) is 13.2. The van der Waals surface area contributed by atoms with Crippen LogP contribution in [0.1, 0.15) is 24.4 Å². The van der Waals surface area contributed by atoms with Gasteiger partial charge in [-0.25, -0.2) is 8.42 Å². The first-order valence-electron chi connectivity index (χ1n) is 7.55. The molecule has 1 saturated heterocycles. The lowest BCUT2D eigenvalue weighted by Crippen LogP contribution is -2.36. The summed E-state index contributed by atoms with van der Waals surface area (Å²) in [6, 6.07) is 9.76. The average Bonchev–Trinajstić information content (AvgIpc) is 2.77. The van der Waals surface area contributed by atoms with Gasteiger partial charge in [0.25, 0.3) is 0 Å². The van der Waals surface area contributed by atoms with Crippen LogP contribution in [0.5, 0.6) is 0 Å². The van der Waals surface area contributed by atoms with E-state index in [4.69, 9.17) is 0 Å². The molecule has 1 heterocycles. The van der Waals surface area contributed by atoms with Gasteiger partial charge >= 0.3 is 0 Å². The van der Waals surface area contributed by atoms with E-state index in [1.54, 1.807) is 0 Å². The lowest BCUT2D eigenvalue weighted by molar-refractivity contribution is -0.122. The molecule has 0 saturated carbocycles. The van der Waals surface area contributed by atoms with E-state index in [9.17, 15) is 13.2 Å². The summed E-state index contributed by atoms with van der Waals surface area (Å²) in [5.41, 5.74) is 1.06. The predicted octanol–water partition coefficient (Wildman–Crippen LogP) is 1.23. The minimum absolute atomic E-state index is 0.0409. The van der Waals surface area contributed by atoms with E-state index in [-0.39, 0.29) is 35.8 Å². The van der Waals surface area contributed by atoms with Gasteiger partial charge in [0.2, 0.25) is 5.91 Å². The summed E-state index contributed by atoms with van der Waals surface area (Å²) in [5.74, 6) is 0.244. The van der Waals surface area contributed by atoms with Crippen molar-refractivity contribution in [2.75, 3.05) is 32.1 Å². The highest BCUT2D eigenvalue weighted by Gasteiger charge is 2.30. The number of carbonyl (C=O) groups excluding carboxylic acids is 1. The highest BCUT2D eigenvalue weighted by molar-refractivity contribution is 7.91. The highest BCUT2D eigenvalue weighted by Crippen LogP contribution is 2.22. The Kier molecular flexibility index (Phi) is 5.58. The summed E-state index contributed by atoms with van der Waals surface area (Å²) in [5, 5.41) is 3.04. The highest BCUT2D eigenvalue weighted by atomic mass is 32.2. The van der Waals surface area contributed by atoms with E-state index in [0.29, 0.717) is 13.0 Å². The molecule has 1 aromatic carbocycles. The quantitative estimate of drug-likeness (QED) is 0.855. The predicted molar refractivity (Wildman–Crippen MR) is 87.3 cm³/mol. The molecule has 6 heteroatoms. The first-order valence-corrected chi connectivity index (χ1v) is 9.37. The first-order chi connectivity index (χ1) is 10.4. The standard InChI is InChI=1S/C16H24N2O3S/c1-18(2)11-15(14-6-4-3-5-7-14)17-16(19)10-13-8-9-22(20,21)12-13/h3-7,13,15H,8-12H2,1-2H3,(H,17,19). The third-order valence-corrected chi connectivity index (χ3v) is 5.72. The number of benzene rings is 1. The second kappa shape index (κ2) is 7.24. The SMILES string of the molecule is CN(C)CC(NC(=O)CC1CCS(=O)(=O)C1)c1ccccc1. The molecule has 0 bridgehead atoms. The molecule has 1 aliphatic rings. The van der Waals surface area contributed by atoms with E-state index < -0.39 is 9.84 Å². The maximum absolute atomic E-state index is 12.3. The lowest BCUT2D eigenvalue weighted by Gasteiger charge is -2.23.